The predicted octanol–water partition coefficient (Wildman–Crippen LogP) is 1.50. The van der Waals surface area contributed by atoms with Crippen molar-refractivity contribution in [2.24, 2.45) is 10.9 Å². The highest BCUT2D eigenvalue weighted by atomic mass is 31.2. The Morgan fingerprint density at radius 2 is 2.09 bits per heavy atom. The van der Waals surface area contributed by atoms with Crippen LogP contribution in [0, 0.1) is 5.41 Å². The van der Waals surface area contributed by atoms with Crippen molar-refractivity contribution in [2.45, 2.75) is 27.2 Å². The molecule has 5 heteroatoms. The zero-order valence-electron chi connectivity index (χ0n) is 7.20. The van der Waals surface area contributed by atoms with Gasteiger partial charge in [-0.15, -0.1) is 0 Å². The molecule has 0 aromatic heterocycles. The molecule has 0 amide bonds. The Hall–Kier alpha value is 0.110. The van der Waals surface area contributed by atoms with E-state index in [9.17, 15) is 4.57 Å². The molecule has 0 saturated carbocycles. The molecule has 0 aliphatic heterocycles. The Balaban J connectivity index is 3.80. The van der Waals surface area contributed by atoms with Gasteiger partial charge in [0.25, 0.3) is 0 Å². The quantitative estimate of drug-likeness (QED) is 0.644. The summed E-state index contributed by atoms with van der Waals surface area (Å²) in [6.07, 6.45) is 0.882. The lowest BCUT2D eigenvalue weighted by atomic mass is 9.92. The fourth-order valence-electron chi connectivity index (χ4n) is 0.369. The third-order valence-corrected chi connectivity index (χ3v) is 2.10. The van der Waals surface area contributed by atoms with Gasteiger partial charge in [-0.05, 0) is 11.8 Å². The van der Waals surface area contributed by atoms with Crippen LogP contribution in [0.4, 0.5) is 0 Å². The van der Waals surface area contributed by atoms with Crippen LogP contribution in [0.5, 0.6) is 0 Å². The zero-order valence-corrected chi connectivity index (χ0v) is 8.10. The first kappa shape index (κ1) is 11.1. The van der Waals surface area contributed by atoms with E-state index in [2.05, 4.69) is 4.52 Å². The largest absolute Gasteiger partial charge is 0.400 e. The Morgan fingerprint density at radius 1 is 1.64 bits per heavy atom. The molecular formula is C6H16NO3P. The summed E-state index contributed by atoms with van der Waals surface area (Å²) in [5.74, 6) is 0. The van der Waals surface area contributed by atoms with Crippen molar-refractivity contribution in [3.05, 3.63) is 0 Å². The van der Waals surface area contributed by atoms with Gasteiger partial charge < -0.3 is 4.89 Å². The molecule has 0 aromatic rings. The summed E-state index contributed by atoms with van der Waals surface area (Å²) in [7, 11) is -3.78. The summed E-state index contributed by atoms with van der Waals surface area (Å²) in [5, 5.41) is 0. The maximum atomic E-state index is 10.5. The van der Waals surface area contributed by atoms with Crippen LogP contribution in [0.15, 0.2) is 0 Å². The lowest BCUT2D eigenvalue weighted by molar-refractivity contribution is 0.157. The summed E-state index contributed by atoms with van der Waals surface area (Å²) < 4.78 is 15.1. The molecule has 0 rings (SSSR count). The summed E-state index contributed by atoms with van der Waals surface area (Å²) in [5.41, 5.74) is 4.70. The third kappa shape index (κ3) is 6.51. The highest BCUT2D eigenvalue weighted by molar-refractivity contribution is 7.50. The second kappa shape index (κ2) is 3.68. The number of hydrogen-bond acceptors (Lipinski definition) is 2. The Kier molecular flexibility index (Phi) is 3.71. The van der Waals surface area contributed by atoms with Crippen LogP contribution in [-0.4, -0.2) is 11.5 Å². The van der Waals surface area contributed by atoms with E-state index in [1.54, 1.807) is 0 Å². The summed E-state index contributed by atoms with van der Waals surface area (Å²) in [6, 6.07) is 0. The fourth-order valence-corrected chi connectivity index (χ4v) is 0.904. The van der Waals surface area contributed by atoms with Crippen molar-refractivity contribution >= 4 is 7.75 Å². The van der Waals surface area contributed by atoms with Gasteiger partial charge in [0.2, 0.25) is 0 Å². The van der Waals surface area contributed by atoms with E-state index in [1.165, 1.54) is 0 Å². The van der Waals surface area contributed by atoms with Crippen LogP contribution in [0.3, 0.4) is 0 Å². The fraction of sp³-hybridized carbons (Fsp3) is 1.00. The minimum atomic E-state index is -3.78. The molecule has 1 unspecified atom stereocenters. The average molecular weight is 181 g/mol. The molecular weight excluding hydrogens is 165 g/mol. The summed E-state index contributed by atoms with van der Waals surface area (Å²) in [4.78, 5) is 8.59. The third-order valence-electron chi connectivity index (χ3n) is 1.60. The van der Waals surface area contributed by atoms with Crippen molar-refractivity contribution in [2.75, 3.05) is 6.61 Å². The maximum absolute atomic E-state index is 10.5. The Bertz CT molecular complexity index is 163. The van der Waals surface area contributed by atoms with Gasteiger partial charge in [-0.25, -0.2) is 10.1 Å². The second-order valence-electron chi connectivity index (χ2n) is 3.36. The molecule has 11 heavy (non-hydrogen) atoms. The molecule has 0 radical (unpaired) electrons. The van der Waals surface area contributed by atoms with E-state index in [4.69, 9.17) is 10.4 Å². The van der Waals surface area contributed by atoms with Crippen LogP contribution in [-0.2, 0) is 9.09 Å². The van der Waals surface area contributed by atoms with Crippen molar-refractivity contribution < 1.29 is 14.0 Å². The second-order valence-corrected chi connectivity index (χ2v) is 4.74. The van der Waals surface area contributed by atoms with Gasteiger partial charge >= 0.3 is 7.75 Å². The first-order chi connectivity index (χ1) is 4.77. The Morgan fingerprint density at radius 3 is 2.36 bits per heavy atom. The van der Waals surface area contributed by atoms with Crippen molar-refractivity contribution in [3.8, 4) is 0 Å². The molecule has 3 N–H and O–H groups in total. The molecule has 68 valence electrons. The standard InChI is InChI=1S/C6H16NO3P/c1-4-6(2,3)5-10-11(7,8)9/h4-5H2,1-3H3,(H3,7,8,9). The molecule has 0 aromatic carbocycles. The number of rotatable bonds is 4. The van der Waals surface area contributed by atoms with Crippen LogP contribution < -0.4 is 5.50 Å². The summed E-state index contributed by atoms with van der Waals surface area (Å²) in [6.45, 7) is 6.10. The van der Waals surface area contributed by atoms with Gasteiger partial charge in [0.1, 0.15) is 0 Å². The number of hydrogen-bond donors (Lipinski definition) is 2. The van der Waals surface area contributed by atoms with E-state index in [0.29, 0.717) is 0 Å². The normalized spacial score (nSPS) is 17.9. The van der Waals surface area contributed by atoms with Gasteiger partial charge in [-0.1, -0.05) is 20.8 Å². The average Bonchev–Trinajstić information content (AvgIpc) is 1.83. The molecule has 0 saturated heterocycles. The predicted molar refractivity (Wildman–Crippen MR) is 44.0 cm³/mol. The molecule has 0 aliphatic rings. The lowest BCUT2D eigenvalue weighted by Crippen LogP contribution is -2.18. The van der Waals surface area contributed by atoms with Crippen LogP contribution in [0.25, 0.3) is 0 Å². The van der Waals surface area contributed by atoms with Crippen molar-refractivity contribution in [1.29, 1.82) is 0 Å². The van der Waals surface area contributed by atoms with Gasteiger partial charge in [-0.3, -0.25) is 4.52 Å². The van der Waals surface area contributed by atoms with Crippen LogP contribution in [0.1, 0.15) is 27.2 Å². The molecule has 4 nitrogen and oxygen atoms in total. The molecule has 0 aliphatic carbocycles. The van der Waals surface area contributed by atoms with E-state index < -0.39 is 7.75 Å². The monoisotopic (exact) mass is 181 g/mol. The van der Waals surface area contributed by atoms with E-state index in [-0.39, 0.29) is 12.0 Å². The van der Waals surface area contributed by atoms with E-state index in [1.807, 2.05) is 20.8 Å². The van der Waals surface area contributed by atoms with E-state index in [0.717, 1.165) is 6.42 Å². The van der Waals surface area contributed by atoms with Crippen LogP contribution in [0.2, 0.25) is 0 Å². The number of nitrogens with two attached hydrogens (primary N) is 1. The SMILES string of the molecule is CCC(C)(C)COP(N)(=O)O. The topological polar surface area (TPSA) is 72.5 Å². The van der Waals surface area contributed by atoms with Crippen molar-refractivity contribution in [3.63, 3.8) is 0 Å². The molecule has 0 heterocycles. The molecule has 1 atom stereocenters. The minimum Gasteiger partial charge on any atom is -0.313 e. The first-order valence-electron chi connectivity index (χ1n) is 3.53. The maximum Gasteiger partial charge on any atom is 0.400 e. The highest BCUT2D eigenvalue weighted by Crippen LogP contribution is 2.34. The minimum absolute atomic E-state index is 0.0856. The highest BCUT2D eigenvalue weighted by Gasteiger charge is 2.20. The van der Waals surface area contributed by atoms with E-state index >= 15 is 0 Å². The lowest BCUT2D eigenvalue weighted by Gasteiger charge is -2.22. The summed E-state index contributed by atoms with van der Waals surface area (Å²) >= 11 is 0. The molecule has 0 bridgehead atoms. The molecule has 0 fully saturated rings. The van der Waals surface area contributed by atoms with Gasteiger partial charge in [0.05, 0.1) is 6.61 Å². The van der Waals surface area contributed by atoms with Gasteiger partial charge in [0, 0.05) is 0 Å². The first-order valence-corrected chi connectivity index (χ1v) is 5.17. The zero-order chi connectivity index (χ0) is 9.12. The smallest absolute Gasteiger partial charge is 0.313 e. The van der Waals surface area contributed by atoms with Crippen LogP contribution >= 0.6 is 7.75 Å². The Labute approximate surface area is 67.3 Å². The van der Waals surface area contributed by atoms with Gasteiger partial charge in [0.15, 0.2) is 0 Å². The van der Waals surface area contributed by atoms with Crippen molar-refractivity contribution in [1.82, 2.24) is 0 Å². The van der Waals surface area contributed by atoms with Gasteiger partial charge in [-0.2, -0.15) is 0 Å². The molecule has 0 spiro atoms.